The fourth-order valence-electron chi connectivity index (χ4n) is 0.422. The highest BCUT2D eigenvalue weighted by Gasteiger charge is 1.84. The van der Waals surface area contributed by atoms with E-state index in [4.69, 9.17) is 0 Å². The largest absolute Gasteiger partial charge is 0.329 e. The molecule has 1 N–H and O–H groups in total. The summed E-state index contributed by atoms with van der Waals surface area (Å²) in [5.41, 5.74) is -0.0934. The van der Waals surface area contributed by atoms with Crippen LogP contribution < -0.4 is 10.7 Å². The lowest BCUT2D eigenvalue weighted by atomic mass is 10.5. The average Bonchev–Trinajstić information content (AvgIpc) is 1.77. The van der Waals surface area contributed by atoms with Gasteiger partial charge in [0.15, 0.2) is 0 Å². The molecular weight excluding hydrogens is 118 g/mol. The fourth-order valence-corrected chi connectivity index (χ4v) is 0.590. The zero-order valence-corrected chi connectivity index (χ0v) is 5.14. The summed E-state index contributed by atoms with van der Waals surface area (Å²) in [6.07, 6.45) is 1.59. The van der Waals surface area contributed by atoms with Crippen molar-refractivity contribution in [3.63, 3.8) is 0 Å². The molecule has 0 aliphatic heterocycles. The van der Waals surface area contributed by atoms with Gasteiger partial charge >= 0.3 is 0 Å². The molecule has 0 saturated heterocycles. The summed E-state index contributed by atoms with van der Waals surface area (Å²) in [5, 5.41) is 0.563. The second-order valence-corrected chi connectivity index (χ2v) is 1.95. The molecule has 3 heteroatoms. The van der Waals surface area contributed by atoms with Crippen LogP contribution in [-0.2, 0) is 0 Å². The standard InChI is InChI=1S/C5H4NOSi/c7-5-4(8)2-1-3-6-5/h1-3H,(H,6,7). The van der Waals surface area contributed by atoms with Crippen molar-refractivity contribution < 1.29 is 0 Å². The number of H-pyrrole nitrogens is 1. The number of pyridine rings is 1. The van der Waals surface area contributed by atoms with Crippen LogP contribution in [0.2, 0.25) is 0 Å². The van der Waals surface area contributed by atoms with Gasteiger partial charge in [0.1, 0.15) is 0 Å². The quantitative estimate of drug-likeness (QED) is 0.448. The maximum atomic E-state index is 10.5. The number of rotatable bonds is 0. The molecule has 0 unspecified atom stereocenters. The van der Waals surface area contributed by atoms with E-state index in [1.54, 1.807) is 18.3 Å². The van der Waals surface area contributed by atoms with Crippen molar-refractivity contribution in [2.75, 3.05) is 0 Å². The van der Waals surface area contributed by atoms with Crippen molar-refractivity contribution in [2.45, 2.75) is 0 Å². The second-order valence-electron chi connectivity index (χ2n) is 1.41. The zero-order chi connectivity index (χ0) is 5.98. The molecule has 1 heterocycles. The summed E-state index contributed by atoms with van der Waals surface area (Å²) in [5.74, 6) is 0. The normalized spacial score (nSPS) is 9.12. The Morgan fingerprint density at radius 1 is 1.62 bits per heavy atom. The van der Waals surface area contributed by atoms with Crippen molar-refractivity contribution >= 4 is 15.4 Å². The van der Waals surface area contributed by atoms with Crippen LogP contribution in [0.5, 0.6) is 0 Å². The molecule has 0 bridgehead atoms. The van der Waals surface area contributed by atoms with Gasteiger partial charge in [-0.05, 0) is 11.3 Å². The van der Waals surface area contributed by atoms with Gasteiger partial charge < -0.3 is 4.98 Å². The van der Waals surface area contributed by atoms with E-state index in [1.807, 2.05) is 0 Å². The summed E-state index contributed by atoms with van der Waals surface area (Å²) >= 11 is 0. The van der Waals surface area contributed by atoms with Crippen molar-refractivity contribution in [3.05, 3.63) is 28.7 Å². The number of aromatic nitrogens is 1. The van der Waals surface area contributed by atoms with Crippen LogP contribution in [0.15, 0.2) is 23.1 Å². The van der Waals surface area contributed by atoms with Crippen LogP contribution in [0, 0.1) is 0 Å². The first-order valence-corrected chi connectivity index (χ1v) is 2.70. The molecule has 2 nitrogen and oxygen atoms in total. The molecule has 8 heavy (non-hydrogen) atoms. The van der Waals surface area contributed by atoms with Gasteiger partial charge in [0.25, 0.3) is 0 Å². The van der Waals surface area contributed by atoms with Crippen LogP contribution >= 0.6 is 0 Å². The molecule has 0 fully saturated rings. The topological polar surface area (TPSA) is 32.9 Å². The summed E-state index contributed by atoms with van der Waals surface area (Å²) in [4.78, 5) is 13.0. The monoisotopic (exact) mass is 122 g/mol. The molecule has 1 rings (SSSR count). The first-order valence-electron chi connectivity index (χ1n) is 2.20. The summed E-state index contributed by atoms with van der Waals surface area (Å²) in [6, 6.07) is 3.44. The van der Waals surface area contributed by atoms with E-state index in [9.17, 15) is 4.79 Å². The maximum absolute atomic E-state index is 10.5. The van der Waals surface area contributed by atoms with Gasteiger partial charge in [-0.3, -0.25) is 4.79 Å². The Balaban J connectivity index is 3.35. The van der Waals surface area contributed by atoms with E-state index < -0.39 is 0 Å². The highest BCUT2D eigenvalue weighted by molar-refractivity contribution is 6.31. The molecule has 0 aliphatic carbocycles. The molecule has 1 aromatic heterocycles. The van der Waals surface area contributed by atoms with Crippen LogP contribution in [-0.4, -0.2) is 15.2 Å². The third-order valence-corrected chi connectivity index (χ3v) is 1.21. The molecule has 3 radical (unpaired) electrons. The molecule has 0 amide bonds. The molecule has 0 atom stereocenters. The lowest BCUT2D eigenvalue weighted by Gasteiger charge is -1.83. The maximum Gasteiger partial charge on any atom is 0.246 e. The molecule has 0 aromatic carbocycles. The van der Waals surface area contributed by atoms with Crippen molar-refractivity contribution in [3.8, 4) is 0 Å². The predicted octanol–water partition coefficient (Wildman–Crippen LogP) is -0.831. The fraction of sp³-hybridized carbons (Fsp3) is 0. The van der Waals surface area contributed by atoms with Crippen LogP contribution in [0.25, 0.3) is 0 Å². The van der Waals surface area contributed by atoms with Crippen molar-refractivity contribution in [1.82, 2.24) is 4.98 Å². The van der Waals surface area contributed by atoms with Gasteiger partial charge in [-0.2, -0.15) is 0 Å². The summed E-state index contributed by atoms with van der Waals surface area (Å²) < 4.78 is 0. The predicted molar refractivity (Wildman–Crippen MR) is 32.5 cm³/mol. The highest BCUT2D eigenvalue weighted by Crippen LogP contribution is 1.64. The van der Waals surface area contributed by atoms with E-state index in [2.05, 4.69) is 15.2 Å². The molecule has 39 valence electrons. The van der Waals surface area contributed by atoms with Gasteiger partial charge in [0, 0.05) is 6.20 Å². The number of nitrogens with one attached hydrogen (secondary N) is 1. The highest BCUT2D eigenvalue weighted by atomic mass is 28.1. The van der Waals surface area contributed by atoms with Gasteiger partial charge in [0.2, 0.25) is 5.56 Å². The van der Waals surface area contributed by atoms with Gasteiger partial charge in [0.05, 0.1) is 10.2 Å². The van der Waals surface area contributed by atoms with E-state index in [1.165, 1.54) is 0 Å². The molecule has 0 saturated carbocycles. The van der Waals surface area contributed by atoms with Crippen molar-refractivity contribution in [2.24, 2.45) is 0 Å². The minimum absolute atomic E-state index is 0.0934. The van der Waals surface area contributed by atoms with Crippen LogP contribution in [0.4, 0.5) is 0 Å². The molecule has 1 aromatic rings. The van der Waals surface area contributed by atoms with Gasteiger partial charge in [-0.15, -0.1) is 0 Å². The van der Waals surface area contributed by atoms with Crippen molar-refractivity contribution in [1.29, 1.82) is 0 Å². The second kappa shape index (κ2) is 1.96. The smallest absolute Gasteiger partial charge is 0.246 e. The molecule has 0 aliphatic rings. The van der Waals surface area contributed by atoms with Gasteiger partial charge in [-0.25, -0.2) is 0 Å². The number of hydrogen-bond acceptors (Lipinski definition) is 1. The Morgan fingerprint density at radius 2 is 2.38 bits per heavy atom. The SMILES string of the molecule is O=c1[nH]cccc1[Si]. The Labute approximate surface area is 50.0 Å². The lowest BCUT2D eigenvalue weighted by molar-refractivity contribution is 1.26. The van der Waals surface area contributed by atoms with E-state index in [0.29, 0.717) is 5.19 Å². The molecular formula is C5H4NOSi. The minimum atomic E-state index is -0.0934. The van der Waals surface area contributed by atoms with Crippen LogP contribution in [0.3, 0.4) is 0 Å². The minimum Gasteiger partial charge on any atom is -0.329 e. The first kappa shape index (κ1) is 5.31. The number of aromatic amines is 1. The Kier molecular flexibility index (Phi) is 1.30. The van der Waals surface area contributed by atoms with E-state index in [-0.39, 0.29) is 5.56 Å². The number of hydrogen-bond donors (Lipinski definition) is 1. The third-order valence-electron chi connectivity index (χ3n) is 0.818. The summed E-state index contributed by atoms with van der Waals surface area (Å²) in [7, 11) is 3.10. The molecule has 0 spiro atoms. The Bertz CT molecular complexity index is 230. The first-order chi connectivity index (χ1) is 3.80. The third kappa shape index (κ3) is 0.868. The van der Waals surface area contributed by atoms with E-state index in [0.717, 1.165) is 0 Å². The van der Waals surface area contributed by atoms with Crippen LogP contribution in [0.1, 0.15) is 0 Å². The van der Waals surface area contributed by atoms with E-state index >= 15 is 0 Å². The van der Waals surface area contributed by atoms with Gasteiger partial charge in [-0.1, -0.05) is 6.07 Å². The Hall–Kier alpha value is -0.833. The lowest BCUT2D eigenvalue weighted by Crippen LogP contribution is -2.25. The average molecular weight is 122 g/mol. The Morgan fingerprint density at radius 3 is 2.75 bits per heavy atom. The summed E-state index contributed by atoms with van der Waals surface area (Å²) in [6.45, 7) is 0. The zero-order valence-electron chi connectivity index (χ0n) is 4.14.